The van der Waals surface area contributed by atoms with Gasteiger partial charge >= 0.3 is 0 Å². The maximum atomic E-state index is 13.3. The normalized spacial score (nSPS) is 25.6. The van der Waals surface area contributed by atoms with Gasteiger partial charge in [0, 0.05) is 6.42 Å². The Kier molecular flexibility index (Phi) is 42.4. The number of hydrogen-bond acceptors (Lipinski definition) is 13. The Labute approximate surface area is 453 Å². The second-order valence-corrected chi connectivity index (χ2v) is 20.7. The van der Waals surface area contributed by atoms with E-state index in [1.165, 1.54) is 116 Å². The molecule has 9 N–H and O–H groups in total. The number of nitrogens with one attached hydrogen (secondary N) is 1. The average molecular weight is 1060 g/mol. The molecule has 12 unspecified atom stereocenters. The van der Waals surface area contributed by atoms with Gasteiger partial charge in [-0.05, 0) is 70.6 Å². The van der Waals surface area contributed by atoms with Gasteiger partial charge in [0.15, 0.2) is 12.6 Å². The van der Waals surface area contributed by atoms with Crippen LogP contribution in [0.3, 0.4) is 0 Å². The Morgan fingerprint density at radius 3 is 1.47 bits per heavy atom. The Balaban J connectivity index is 1.76. The first-order chi connectivity index (χ1) is 36.6. The monoisotopic (exact) mass is 1060 g/mol. The minimum Gasteiger partial charge on any atom is -0.394 e. The van der Waals surface area contributed by atoms with Gasteiger partial charge in [0.05, 0.1) is 32.0 Å². The standard InChI is InChI=1S/C61H107NO13/c1-3-5-7-9-11-13-15-17-19-21-22-23-24-25-26-27-28-29-31-33-35-37-39-41-43-45-53(66)62-49(50(65)44-42-40-38-36-34-32-30-20-18-16-14-12-10-8-6-4-2)48-72-60-58(71)56(69)59(52(47-64)74-60)75-61-57(70)55(68)54(67)51(46-63)73-61/h5,7,11,13,17,19,22-23,34,36,42,44,49-52,54-61,63-65,67-71H,3-4,6,8-10,12,14-16,18,20-21,24-33,35,37-41,43,45-48H2,1-2H3,(H,62,66)/b7-5-,13-11-,19-17-,23-22-,36-34+,44-42+. The molecule has 1 amide bonds. The number of unbranched alkanes of at least 4 members (excludes halogenated alkanes) is 23. The summed E-state index contributed by atoms with van der Waals surface area (Å²) in [5.74, 6) is -0.254. The zero-order valence-corrected chi connectivity index (χ0v) is 46.5. The summed E-state index contributed by atoms with van der Waals surface area (Å²) in [5.41, 5.74) is 0. The van der Waals surface area contributed by atoms with Gasteiger partial charge in [-0.25, -0.2) is 0 Å². The van der Waals surface area contributed by atoms with E-state index in [1.807, 2.05) is 6.08 Å². The van der Waals surface area contributed by atoms with Crippen molar-refractivity contribution in [2.75, 3.05) is 19.8 Å². The van der Waals surface area contributed by atoms with E-state index in [4.69, 9.17) is 18.9 Å². The van der Waals surface area contributed by atoms with Crippen molar-refractivity contribution in [2.24, 2.45) is 0 Å². The summed E-state index contributed by atoms with van der Waals surface area (Å²) in [6, 6.07) is -0.935. The highest BCUT2D eigenvalue weighted by Crippen LogP contribution is 2.30. The van der Waals surface area contributed by atoms with Gasteiger partial charge in [0.2, 0.25) is 5.91 Å². The van der Waals surface area contributed by atoms with Crippen LogP contribution in [0.1, 0.15) is 213 Å². The number of carbonyl (C=O) groups excluding carboxylic acids is 1. The van der Waals surface area contributed by atoms with Crippen molar-refractivity contribution in [3.05, 3.63) is 72.9 Å². The van der Waals surface area contributed by atoms with Crippen molar-refractivity contribution < 1.29 is 64.6 Å². The lowest BCUT2D eigenvalue weighted by molar-refractivity contribution is -0.359. The van der Waals surface area contributed by atoms with Crippen molar-refractivity contribution in [1.82, 2.24) is 5.32 Å². The van der Waals surface area contributed by atoms with Crippen LogP contribution in [-0.4, -0.2) is 140 Å². The number of amides is 1. The molecule has 0 saturated carbocycles. The van der Waals surface area contributed by atoms with E-state index in [2.05, 4.69) is 79.9 Å². The predicted molar refractivity (Wildman–Crippen MR) is 300 cm³/mol. The van der Waals surface area contributed by atoms with Gasteiger partial charge < -0.3 is 65.1 Å². The zero-order chi connectivity index (χ0) is 54.6. The molecule has 0 aromatic heterocycles. The van der Waals surface area contributed by atoms with Gasteiger partial charge in [-0.2, -0.15) is 0 Å². The fourth-order valence-electron chi connectivity index (χ4n) is 9.36. The highest BCUT2D eigenvalue weighted by atomic mass is 16.7. The smallest absolute Gasteiger partial charge is 0.220 e. The fraction of sp³-hybridized carbons (Fsp3) is 0.787. The largest absolute Gasteiger partial charge is 0.394 e. The molecule has 2 saturated heterocycles. The molecule has 0 aliphatic carbocycles. The van der Waals surface area contributed by atoms with E-state index in [-0.39, 0.29) is 18.9 Å². The lowest BCUT2D eigenvalue weighted by Gasteiger charge is -2.46. The van der Waals surface area contributed by atoms with Gasteiger partial charge in [0.25, 0.3) is 0 Å². The zero-order valence-electron chi connectivity index (χ0n) is 46.5. The highest BCUT2D eigenvalue weighted by Gasteiger charge is 2.51. The van der Waals surface area contributed by atoms with Crippen molar-refractivity contribution in [3.63, 3.8) is 0 Å². The Bertz CT molecular complexity index is 1530. The third kappa shape index (κ3) is 32.2. The molecule has 14 heteroatoms. The van der Waals surface area contributed by atoms with Crippen molar-refractivity contribution in [1.29, 1.82) is 0 Å². The minimum absolute atomic E-state index is 0.254. The summed E-state index contributed by atoms with van der Waals surface area (Å²) < 4.78 is 22.7. The van der Waals surface area contributed by atoms with Gasteiger partial charge in [-0.3, -0.25) is 4.79 Å². The molecule has 2 fully saturated rings. The molecule has 0 aromatic rings. The fourth-order valence-corrected chi connectivity index (χ4v) is 9.36. The van der Waals surface area contributed by atoms with Crippen LogP contribution in [0, 0.1) is 0 Å². The summed E-state index contributed by atoms with van der Waals surface area (Å²) in [6.07, 6.45) is 43.7. The van der Waals surface area contributed by atoms with E-state index >= 15 is 0 Å². The highest BCUT2D eigenvalue weighted by molar-refractivity contribution is 5.76. The molecule has 0 radical (unpaired) electrons. The van der Waals surface area contributed by atoms with Crippen molar-refractivity contribution in [2.45, 2.75) is 286 Å². The number of hydrogen-bond donors (Lipinski definition) is 9. The first-order valence-electron chi connectivity index (χ1n) is 29.7. The molecular weight excluding hydrogens is 955 g/mol. The Morgan fingerprint density at radius 1 is 0.493 bits per heavy atom. The van der Waals surface area contributed by atoms with Crippen LogP contribution in [0.5, 0.6) is 0 Å². The second-order valence-electron chi connectivity index (χ2n) is 20.7. The molecule has 75 heavy (non-hydrogen) atoms. The van der Waals surface area contributed by atoms with Gasteiger partial charge in [-0.1, -0.05) is 209 Å². The van der Waals surface area contributed by atoms with Crippen LogP contribution in [0.25, 0.3) is 0 Å². The van der Waals surface area contributed by atoms with Crippen LogP contribution < -0.4 is 5.32 Å². The van der Waals surface area contributed by atoms with Crippen LogP contribution >= 0.6 is 0 Å². The lowest BCUT2D eigenvalue weighted by atomic mass is 9.97. The van der Waals surface area contributed by atoms with E-state index in [0.29, 0.717) is 12.8 Å². The Hall–Kier alpha value is -2.57. The maximum Gasteiger partial charge on any atom is 0.220 e. The molecule has 2 heterocycles. The molecule has 2 aliphatic heterocycles. The molecule has 2 aliphatic rings. The third-order valence-electron chi connectivity index (χ3n) is 14.1. The minimum atomic E-state index is -1.79. The van der Waals surface area contributed by atoms with E-state index in [0.717, 1.165) is 64.2 Å². The van der Waals surface area contributed by atoms with Crippen LogP contribution in [0.15, 0.2) is 72.9 Å². The summed E-state index contributed by atoms with van der Waals surface area (Å²) in [4.78, 5) is 13.3. The number of aliphatic hydroxyl groups is 8. The number of carbonyl (C=O) groups is 1. The molecule has 0 bridgehead atoms. The summed E-state index contributed by atoms with van der Waals surface area (Å²) in [6.45, 7) is 2.66. The molecule has 0 spiro atoms. The molecule has 2 rings (SSSR count). The first kappa shape index (κ1) is 68.5. The van der Waals surface area contributed by atoms with Gasteiger partial charge in [-0.15, -0.1) is 0 Å². The number of ether oxygens (including phenoxy) is 4. The number of allylic oxidation sites excluding steroid dienone is 11. The lowest BCUT2D eigenvalue weighted by Crippen LogP contribution is -2.65. The van der Waals surface area contributed by atoms with Crippen molar-refractivity contribution in [3.8, 4) is 0 Å². The summed E-state index contributed by atoms with van der Waals surface area (Å²) in [5, 5.41) is 87.0. The first-order valence-corrected chi connectivity index (χ1v) is 29.7. The SMILES string of the molecule is CC/C=C\C/C=C\C/C=C\C/C=C\CCCCCCCCCCCCCCC(=O)NC(COC1OC(CO)C(OC2OC(CO)C(O)C(O)C2O)C(O)C1O)C(O)/C=C/CC/C=C/CCCCCCCCCCCC. The average Bonchev–Trinajstić information content (AvgIpc) is 3.41. The van der Waals surface area contributed by atoms with E-state index in [1.54, 1.807) is 6.08 Å². The molecular formula is C61H107NO13. The number of aliphatic hydroxyl groups excluding tert-OH is 8. The predicted octanol–water partition coefficient (Wildman–Crippen LogP) is 9.94. The third-order valence-corrected chi connectivity index (χ3v) is 14.1. The van der Waals surface area contributed by atoms with Crippen LogP contribution in [-0.2, 0) is 23.7 Å². The van der Waals surface area contributed by atoms with Crippen LogP contribution in [0.2, 0.25) is 0 Å². The van der Waals surface area contributed by atoms with Crippen molar-refractivity contribution >= 4 is 5.91 Å². The number of rotatable bonds is 46. The van der Waals surface area contributed by atoms with Crippen LogP contribution in [0.4, 0.5) is 0 Å². The molecule has 12 atom stereocenters. The second kappa shape index (κ2) is 46.4. The molecule has 14 nitrogen and oxygen atoms in total. The quantitative estimate of drug-likeness (QED) is 0.0205. The Morgan fingerprint density at radius 2 is 0.933 bits per heavy atom. The maximum absolute atomic E-state index is 13.3. The summed E-state index contributed by atoms with van der Waals surface area (Å²) >= 11 is 0. The van der Waals surface area contributed by atoms with Gasteiger partial charge in [0.1, 0.15) is 48.8 Å². The summed E-state index contributed by atoms with van der Waals surface area (Å²) in [7, 11) is 0. The molecule has 0 aromatic carbocycles. The molecule has 434 valence electrons. The topological polar surface area (TPSA) is 228 Å². The van der Waals surface area contributed by atoms with E-state index < -0.39 is 86.8 Å². The van der Waals surface area contributed by atoms with E-state index in [9.17, 15) is 45.6 Å².